The Morgan fingerprint density at radius 2 is 1.92 bits per heavy atom. The molecule has 0 spiro atoms. The lowest BCUT2D eigenvalue weighted by atomic mass is 10.1. The maximum atomic E-state index is 12.6. The van der Waals surface area contributed by atoms with Gasteiger partial charge in [-0.15, -0.1) is 11.3 Å². The van der Waals surface area contributed by atoms with Crippen molar-refractivity contribution in [3.8, 4) is 16.9 Å². The lowest BCUT2D eigenvalue weighted by Crippen LogP contribution is -2.35. The highest BCUT2D eigenvalue weighted by Gasteiger charge is 2.21. The number of methoxy groups -OCH3 is 1. The van der Waals surface area contributed by atoms with Crippen molar-refractivity contribution in [2.75, 3.05) is 20.2 Å². The fraction of sp³-hybridized carbons (Fsp3) is 0.333. The first kappa shape index (κ1) is 18.0. The van der Waals surface area contributed by atoms with Gasteiger partial charge in [-0.25, -0.2) is 0 Å². The molecule has 1 amide bonds. The summed E-state index contributed by atoms with van der Waals surface area (Å²) in [7, 11) is 1.62. The zero-order valence-electron chi connectivity index (χ0n) is 14.0. The van der Waals surface area contributed by atoms with Gasteiger partial charge >= 0.3 is 5.97 Å². The molecule has 0 fully saturated rings. The van der Waals surface area contributed by atoms with Gasteiger partial charge in [-0.2, -0.15) is 0 Å². The van der Waals surface area contributed by atoms with Gasteiger partial charge < -0.3 is 14.7 Å². The molecular formula is C18H21NO4S. The number of aryl methyl sites for hydroxylation is 1. The van der Waals surface area contributed by atoms with Crippen LogP contribution >= 0.6 is 11.3 Å². The van der Waals surface area contributed by atoms with Gasteiger partial charge in [-0.05, 0) is 42.7 Å². The van der Waals surface area contributed by atoms with Crippen LogP contribution in [0.1, 0.15) is 27.9 Å². The Hall–Kier alpha value is -2.34. The summed E-state index contributed by atoms with van der Waals surface area (Å²) in [6.07, 6.45) is 0.717. The van der Waals surface area contributed by atoms with Crippen molar-refractivity contribution in [3.05, 3.63) is 40.1 Å². The first-order chi connectivity index (χ1) is 11.5. The van der Waals surface area contributed by atoms with E-state index >= 15 is 0 Å². The maximum absolute atomic E-state index is 12.6. The molecular weight excluding hydrogens is 326 g/mol. The van der Waals surface area contributed by atoms with Crippen LogP contribution in [-0.4, -0.2) is 42.1 Å². The molecule has 1 aromatic heterocycles. The SMILES string of the molecule is CCCN(CC(=O)O)C(=O)c1cc(-c2ccc(OC)cc2)c(C)s1. The summed E-state index contributed by atoms with van der Waals surface area (Å²) in [6.45, 7) is 4.04. The van der Waals surface area contributed by atoms with Crippen LogP contribution in [0.15, 0.2) is 30.3 Å². The quantitative estimate of drug-likeness (QED) is 0.830. The first-order valence-electron chi connectivity index (χ1n) is 7.72. The number of benzene rings is 1. The van der Waals surface area contributed by atoms with E-state index < -0.39 is 5.97 Å². The largest absolute Gasteiger partial charge is 0.497 e. The minimum absolute atomic E-state index is 0.230. The van der Waals surface area contributed by atoms with Crippen LogP contribution in [-0.2, 0) is 4.79 Å². The second-order valence-electron chi connectivity index (χ2n) is 5.43. The molecule has 1 heterocycles. The van der Waals surface area contributed by atoms with Gasteiger partial charge in [0.1, 0.15) is 12.3 Å². The highest BCUT2D eigenvalue weighted by atomic mass is 32.1. The van der Waals surface area contributed by atoms with Crippen LogP contribution in [0.2, 0.25) is 0 Å². The molecule has 5 nitrogen and oxygen atoms in total. The fourth-order valence-electron chi connectivity index (χ4n) is 2.49. The third-order valence-electron chi connectivity index (χ3n) is 3.64. The van der Waals surface area contributed by atoms with Crippen molar-refractivity contribution in [1.82, 2.24) is 4.90 Å². The van der Waals surface area contributed by atoms with Gasteiger partial charge in [0, 0.05) is 11.4 Å². The van der Waals surface area contributed by atoms with Crippen LogP contribution in [0.4, 0.5) is 0 Å². The highest BCUT2D eigenvalue weighted by Crippen LogP contribution is 2.32. The number of nitrogens with zero attached hydrogens (tertiary/aromatic N) is 1. The summed E-state index contributed by atoms with van der Waals surface area (Å²) in [4.78, 5) is 26.6. The number of aliphatic carboxylic acids is 1. The smallest absolute Gasteiger partial charge is 0.323 e. The average molecular weight is 347 g/mol. The molecule has 0 saturated carbocycles. The van der Waals surface area contributed by atoms with E-state index in [1.165, 1.54) is 16.2 Å². The number of amides is 1. The van der Waals surface area contributed by atoms with E-state index in [1.807, 2.05) is 44.2 Å². The number of carboxylic acids is 1. The molecule has 2 aromatic rings. The molecule has 1 N–H and O–H groups in total. The molecule has 0 aliphatic heterocycles. The molecule has 6 heteroatoms. The number of carbonyl (C=O) groups excluding carboxylic acids is 1. The molecule has 0 bridgehead atoms. The van der Waals surface area contributed by atoms with Crippen LogP contribution in [0, 0.1) is 6.92 Å². The van der Waals surface area contributed by atoms with Gasteiger partial charge in [0.15, 0.2) is 0 Å². The molecule has 2 rings (SSSR count). The van der Waals surface area contributed by atoms with E-state index in [0.717, 1.165) is 21.8 Å². The third-order valence-corrected chi connectivity index (χ3v) is 4.67. The zero-order valence-corrected chi connectivity index (χ0v) is 14.9. The number of hydrogen-bond acceptors (Lipinski definition) is 4. The molecule has 1 aromatic carbocycles. The van der Waals surface area contributed by atoms with Gasteiger partial charge in [0.2, 0.25) is 0 Å². The van der Waals surface area contributed by atoms with E-state index in [9.17, 15) is 9.59 Å². The second-order valence-corrected chi connectivity index (χ2v) is 6.69. The number of carbonyl (C=O) groups is 2. The van der Waals surface area contributed by atoms with Crippen LogP contribution in [0.5, 0.6) is 5.75 Å². The van der Waals surface area contributed by atoms with E-state index in [1.54, 1.807) is 7.11 Å². The van der Waals surface area contributed by atoms with Crippen molar-refractivity contribution >= 4 is 23.2 Å². The Balaban J connectivity index is 2.28. The van der Waals surface area contributed by atoms with Crippen molar-refractivity contribution in [2.45, 2.75) is 20.3 Å². The molecule has 0 aliphatic rings. The van der Waals surface area contributed by atoms with Gasteiger partial charge in [-0.3, -0.25) is 9.59 Å². The topological polar surface area (TPSA) is 66.8 Å². The Labute approximate surface area is 145 Å². The summed E-state index contributed by atoms with van der Waals surface area (Å²) < 4.78 is 5.16. The summed E-state index contributed by atoms with van der Waals surface area (Å²) in [5, 5.41) is 8.99. The zero-order chi connectivity index (χ0) is 17.7. The van der Waals surface area contributed by atoms with Crippen LogP contribution < -0.4 is 4.74 Å². The van der Waals surface area contributed by atoms with Crippen LogP contribution in [0.3, 0.4) is 0 Å². The monoisotopic (exact) mass is 347 g/mol. The lowest BCUT2D eigenvalue weighted by molar-refractivity contribution is -0.137. The minimum Gasteiger partial charge on any atom is -0.497 e. The first-order valence-corrected chi connectivity index (χ1v) is 8.53. The minimum atomic E-state index is -1.000. The van der Waals surface area contributed by atoms with Crippen molar-refractivity contribution in [2.24, 2.45) is 0 Å². The molecule has 0 aliphatic carbocycles. The Bertz CT molecular complexity index is 721. The van der Waals surface area contributed by atoms with Crippen molar-refractivity contribution < 1.29 is 19.4 Å². The van der Waals surface area contributed by atoms with E-state index in [4.69, 9.17) is 9.84 Å². The number of thiophene rings is 1. The van der Waals surface area contributed by atoms with Crippen molar-refractivity contribution in [3.63, 3.8) is 0 Å². The molecule has 128 valence electrons. The van der Waals surface area contributed by atoms with Crippen LogP contribution in [0.25, 0.3) is 11.1 Å². The average Bonchev–Trinajstić information content (AvgIpc) is 2.95. The predicted octanol–water partition coefficient (Wildman–Crippen LogP) is 3.67. The normalized spacial score (nSPS) is 10.5. The molecule has 0 atom stereocenters. The van der Waals surface area contributed by atoms with Gasteiger partial charge in [-0.1, -0.05) is 19.1 Å². The molecule has 0 unspecified atom stereocenters. The molecule has 0 saturated heterocycles. The highest BCUT2D eigenvalue weighted by molar-refractivity contribution is 7.14. The van der Waals surface area contributed by atoms with Crippen molar-refractivity contribution in [1.29, 1.82) is 0 Å². The lowest BCUT2D eigenvalue weighted by Gasteiger charge is -2.18. The second kappa shape index (κ2) is 7.97. The summed E-state index contributed by atoms with van der Waals surface area (Å²) in [6, 6.07) is 9.49. The summed E-state index contributed by atoms with van der Waals surface area (Å²) >= 11 is 1.39. The Kier molecular flexibility index (Phi) is 5.98. The number of carboxylic acid groups (broad SMARTS) is 1. The standard InChI is InChI=1S/C18H21NO4S/c1-4-9-19(11-17(20)21)18(22)16-10-15(12(2)24-16)13-5-7-14(23-3)8-6-13/h5-8,10H,4,9,11H2,1-3H3,(H,20,21). The summed E-state index contributed by atoms with van der Waals surface area (Å²) in [5.74, 6) is -0.453. The fourth-order valence-corrected chi connectivity index (χ4v) is 3.50. The number of rotatable bonds is 7. The maximum Gasteiger partial charge on any atom is 0.323 e. The number of ether oxygens (including phenoxy) is 1. The third kappa shape index (κ3) is 4.14. The molecule has 0 radical (unpaired) electrons. The Morgan fingerprint density at radius 3 is 2.46 bits per heavy atom. The van der Waals surface area contributed by atoms with Gasteiger partial charge in [0.05, 0.1) is 12.0 Å². The molecule has 24 heavy (non-hydrogen) atoms. The van der Waals surface area contributed by atoms with E-state index in [0.29, 0.717) is 17.8 Å². The predicted molar refractivity (Wildman–Crippen MR) is 94.9 cm³/mol. The Morgan fingerprint density at radius 1 is 1.25 bits per heavy atom. The summed E-state index contributed by atoms with van der Waals surface area (Å²) in [5.41, 5.74) is 1.99. The van der Waals surface area contributed by atoms with Gasteiger partial charge in [0.25, 0.3) is 5.91 Å². The number of hydrogen-bond donors (Lipinski definition) is 1. The van der Waals surface area contributed by atoms with E-state index in [-0.39, 0.29) is 12.5 Å². The van der Waals surface area contributed by atoms with E-state index in [2.05, 4.69) is 0 Å².